The van der Waals surface area contributed by atoms with Crippen molar-refractivity contribution in [2.45, 2.75) is 105 Å². The largest absolute Gasteiger partial charge is 0.458 e. The van der Waals surface area contributed by atoms with Crippen molar-refractivity contribution in [2.75, 3.05) is 4.90 Å². The van der Waals surface area contributed by atoms with Crippen molar-refractivity contribution in [3.8, 4) is 50.8 Å². The molecule has 5 nitrogen and oxygen atoms in total. The molecular weight excluding hydrogens is 1140 g/mol. The molecule has 15 aromatic rings. The van der Waals surface area contributed by atoms with E-state index in [0.29, 0.717) is 0 Å². The monoisotopic (exact) mass is 1220 g/mol. The van der Waals surface area contributed by atoms with Crippen molar-refractivity contribution in [1.82, 2.24) is 13.7 Å². The van der Waals surface area contributed by atoms with E-state index in [4.69, 9.17) is 4.74 Å². The fourth-order valence-corrected chi connectivity index (χ4v) is 15.7. The molecule has 0 bridgehead atoms. The fourth-order valence-electron chi connectivity index (χ4n) is 15.7. The Kier molecular flexibility index (Phi) is 12.6. The van der Waals surface area contributed by atoms with E-state index in [9.17, 15) is 0 Å². The van der Waals surface area contributed by atoms with Gasteiger partial charge in [0.1, 0.15) is 11.5 Å². The SMILES string of the molecule is CC(C)(C)c1cc2c3c(c1)N(c1ccccc1-c1ccccc1)c1cc(-c4ccc(C(C)(C)C)c(-n5c6ccccc6c6ccccc65)c4-n4c5ccccc5c5ccccc54)ccc1B3c1ccc(-n3c4ccc(C(C)(C)C)cc4c4cc(C(C)(C)C)ccc43)cc1O2. The van der Waals surface area contributed by atoms with Gasteiger partial charge in [0.2, 0.25) is 0 Å². The fraction of sp³-hybridized carbons (Fsp3) is 0.182. The zero-order valence-electron chi connectivity index (χ0n) is 55.9. The lowest BCUT2D eigenvalue weighted by Crippen LogP contribution is -2.59. The van der Waals surface area contributed by atoms with Crippen LogP contribution in [0.2, 0.25) is 0 Å². The van der Waals surface area contributed by atoms with Crippen LogP contribution in [-0.2, 0) is 21.7 Å². The summed E-state index contributed by atoms with van der Waals surface area (Å²) in [4.78, 5) is 2.59. The van der Waals surface area contributed by atoms with E-state index < -0.39 is 0 Å². The highest BCUT2D eigenvalue weighted by molar-refractivity contribution is 6.99. The average molecular weight is 1220 g/mol. The minimum Gasteiger partial charge on any atom is -0.458 e. The number of anilines is 3. The first kappa shape index (κ1) is 57.6. The molecule has 0 spiro atoms. The molecule has 458 valence electrons. The van der Waals surface area contributed by atoms with Gasteiger partial charge < -0.3 is 23.3 Å². The van der Waals surface area contributed by atoms with Crippen molar-refractivity contribution in [2.24, 2.45) is 0 Å². The maximum Gasteiger partial charge on any atom is 0.256 e. The molecular formula is C88H77BN4O. The Morgan fingerprint density at radius 3 is 1.35 bits per heavy atom. The van der Waals surface area contributed by atoms with Crippen LogP contribution in [0.15, 0.2) is 249 Å². The normalized spacial score (nSPS) is 13.4. The van der Waals surface area contributed by atoms with Crippen molar-refractivity contribution >= 4 is 106 Å². The highest BCUT2D eigenvalue weighted by Gasteiger charge is 2.44. The molecule has 94 heavy (non-hydrogen) atoms. The molecule has 12 aromatic carbocycles. The van der Waals surface area contributed by atoms with Gasteiger partial charge in [-0.05, 0) is 150 Å². The first-order valence-corrected chi connectivity index (χ1v) is 33.5. The van der Waals surface area contributed by atoms with E-state index in [0.717, 1.165) is 78.7 Å². The van der Waals surface area contributed by atoms with E-state index in [-0.39, 0.29) is 28.4 Å². The zero-order valence-corrected chi connectivity index (χ0v) is 55.9. The standard InChI is InChI=1S/C88H77BN4O/c1-85(2,3)56-39-46-76-66(49-56)67-50-57(86(4,5)6)40-47-77(67)90(76)59-41-45-70-80(53-59)94-81-52-58(87(7,8)9)51-79-82(81)89(70)69-44-38-55(48-78(69)91(79)71-33-21-16-28-60(71)54-26-14-13-15-27-54)61-42-43-68(88(10,11)12)84(93-74-36-24-19-31-64(74)65-32-20-25-37-75(65)93)83(61)92-72-34-22-17-29-62(72)63-30-18-23-35-73(63)92/h13-53H,1-12H3. The number of para-hydroxylation sites is 5. The Morgan fingerprint density at radius 2 is 0.798 bits per heavy atom. The summed E-state index contributed by atoms with van der Waals surface area (Å²) in [6, 6.07) is 94.2. The molecule has 0 atom stereocenters. The summed E-state index contributed by atoms with van der Waals surface area (Å²) in [5, 5.41) is 7.43. The van der Waals surface area contributed by atoms with E-state index in [1.165, 1.54) is 93.3 Å². The third-order valence-electron chi connectivity index (χ3n) is 20.5. The number of fused-ring (bicyclic) bond motifs is 13. The van der Waals surface area contributed by atoms with Gasteiger partial charge >= 0.3 is 0 Å². The molecule has 0 aliphatic carbocycles. The Balaban J connectivity index is 0.967. The van der Waals surface area contributed by atoms with Crippen LogP contribution in [0.5, 0.6) is 11.5 Å². The van der Waals surface area contributed by atoms with Gasteiger partial charge in [-0.2, -0.15) is 0 Å². The predicted octanol–water partition coefficient (Wildman–Crippen LogP) is 21.9. The molecule has 0 amide bonds. The molecule has 3 aromatic heterocycles. The summed E-state index contributed by atoms with van der Waals surface area (Å²) in [5.74, 6) is 1.76. The molecule has 0 saturated heterocycles. The van der Waals surface area contributed by atoms with Crippen LogP contribution in [0, 0.1) is 0 Å². The van der Waals surface area contributed by atoms with Gasteiger partial charge in [-0.1, -0.05) is 247 Å². The minimum atomic E-state index is -0.267. The summed E-state index contributed by atoms with van der Waals surface area (Å²) in [6.45, 7) is 27.8. The number of aromatic nitrogens is 3. The number of hydrogen-bond acceptors (Lipinski definition) is 2. The minimum absolute atomic E-state index is 0.0136. The molecule has 6 heteroatoms. The molecule has 0 saturated carbocycles. The summed E-state index contributed by atoms with van der Waals surface area (Å²) < 4.78 is 15.2. The second kappa shape index (κ2) is 20.6. The summed E-state index contributed by atoms with van der Waals surface area (Å²) in [7, 11) is 0. The maximum atomic E-state index is 7.59. The van der Waals surface area contributed by atoms with Crippen molar-refractivity contribution < 1.29 is 4.74 Å². The lowest BCUT2D eigenvalue weighted by molar-refractivity contribution is 0.483. The lowest BCUT2D eigenvalue weighted by Gasteiger charge is -2.42. The van der Waals surface area contributed by atoms with Crippen LogP contribution in [0.4, 0.5) is 17.1 Å². The lowest BCUT2D eigenvalue weighted by atomic mass is 9.34. The number of benzene rings is 12. The molecule has 2 aliphatic heterocycles. The Morgan fingerprint density at radius 1 is 0.298 bits per heavy atom. The van der Waals surface area contributed by atoms with Crippen LogP contribution < -0.4 is 26.0 Å². The highest BCUT2D eigenvalue weighted by atomic mass is 16.5. The number of ether oxygens (including phenoxy) is 1. The summed E-state index contributed by atoms with van der Waals surface area (Å²) in [6.07, 6.45) is 0. The molecule has 5 heterocycles. The van der Waals surface area contributed by atoms with Crippen molar-refractivity contribution in [1.29, 1.82) is 0 Å². The predicted molar refractivity (Wildman–Crippen MR) is 401 cm³/mol. The van der Waals surface area contributed by atoms with Crippen LogP contribution in [0.3, 0.4) is 0 Å². The van der Waals surface area contributed by atoms with Gasteiger partial charge in [0, 0.05) is 66.6 Å². The average Bonchev–Trinajstić information content (AvgIpc) is 1.10. The molecule has 0 radical (unpaired) electrons. The topological polar surface area (TPSA) is 27.3 Å². The number of hydrogen-bond donors (Lipinski definition) is 0. The van der Waals surface area contributed by atoms with Crippen LogP contribution in [0.25, 0.3) is 105 Å². The molecule has 2 aliphatic rings. The van der Waals surface area contributed by atoms with E-state index in [1.807, 2.05) is 0 Å². The van der Waals surface area contributed by atoms with E-state index in [2.05, 4.69) is 350 Å². The molecule has 0 fully saturated rings. The third-order valence-corrected chi connectivity index (χ3v) is 20.5. The smallest absolute Gasteiger partial charge is 0.256 e. The quantitative estimate of drug-likeness (QED) is 0.155. The Hall–Kier alpha value is -10.3. The van der Waals surface area contributed by atoms with Gasteiger partial charge in [0.05, 0.1) is 50.2 Å². The van der Waals surface area contributed by atoms with Crippen LogP contribution in [-0.4, -0.2) is 20.4 Å². The van der Waals surface area contributed by atoms with Gasteiger partial charge in [-0.15, -0.1) is 0 Å². The second-order valence-electron chi connectivity index (χ2n) is 30.6. The number of nitrogens with zero attached hydrogens (tertiary/aromatic N) is 4. The van der Waals surface area contributed by atoms with Gasteiger partial charge in [0.15, 0.2) is 0 Å². The molecule has 17 rings (SSSR count). The van der Waals surface area contributed by atoms with Crippen LogP contribution in [0.1, 0.15) is 105 Å². The Bertz CT molecular complexity index is 5470. The van der Waals surface area contributed by atoms with Crippen molar-refractivity contribution in [3.63, 3.8) is 0 Å². The second-order valence-corrected chi connectivity index (χ2v) is 30.6. The van der Waals surface area contributed by atoms with E-state index in [1.54, 1.807) is 0 Å². The zero-order chi connectivity index (χ0) is 64.5. The van der Waals surface area contributed by atoms with Gasteiger partial charge in [0.25, 0.3) is 6.71 Å². The number of rotatable bonds is 6. The Labute approximate surface area is 552 Å². The maximum absolute atomic E-state index is 7.59. The first-order chi connectivity index (χ1) is 45.2. The first-order valence-electron chi connectivity index (χ1n) is 33.5. The third kappa shape index (κ3) is 8.81. The van der Waals surface area contributed by atoms with Crippen molar-refractivity contribution in [3.05, 3.63) is 271 Å². The highest BCUT2D eigenvalue weighted by Crippen LogP contribution is 2.51. The van der Waals surface area contributed by atoms with Crippen LogP contribution >= 0.6 is 0 Å². The van der Waals surface area contributed by atoms with E-state index >= 15 is 0 Å². The molecule has 0 N–H and O–H groups in total. The van der Waals surface area contributed by atoms with Gasteiger partial charge in [-0.25, -0.2) is 0 Å². The summed E-state index contributed by atoms with van der Waals surface area (Å²) in [5.41, 5.74) is 26.5. The summed E-state index contributed by atoms with van der Waals surface area (Å²) >= 11 is 0. The van der Waals surface area contributed by atoms with Gasteiger partial charge in [-0.3, -0.25) is 0 Å². The molecule has 0 unspecified atom stereocenters.